The number of nitrogens with one attached hydrogen (secondary N) is 4. The Balaban J connectivity index is 0.000000154. The van der Waals surface area contributed by atoms with Crippen LogP contribution < -0.4 is 22.2 Å². The molecule has 0 aliphatic carbocycles. The van der Waals surface area contributed by atoms with Crippen molar-refractivity contribution in [2.45, 2.75) is 76.7 Å². The third-order valence-electron chi connectivity index (χ3n) is 15.3. The number of H-pyrrole nitrogens is 4. The van der Waals surface area contributed by atoms with Crippen LogP contribution in [0.3, 0.4) is 0 Å². The molecule has 0 saturated heterocycles. The third-order valence-corrected chi connectivity index (χ3v) is 19.9. The number of hydrogen-bond donors (Lipinski definition) is 4. The van der Waals surface area contributed by atoms with Crippen molar-refractivity contribution < 1.29 is 39.5 Å². The number of halogens is 10. The molecule has 0 atom stereocenters. The summed E-state index contributed by atoms with van der Waals surface area (Å²) in [5.41, 5.74) is 1.44. The number of fused-ring (bicyclic) bond motifs is 4. The number of benzene rings is 8. The molecule has 12 nitrogen and oxygen atoms in total. The van der Waals surface area contributed by atoms with Gasteiger partial charge in [-0.3, -0.25) is 19.2 Å². The minimum absolute atomic E-state index is 0.0109. The Hall–Kier alpha value is -10.4. The number of nitrogens with zero attached hydrogens (tertiary/aromatic N) is 4. The maximum absolute atomic E-state index is 14.1. The van der Waals surface area contributed by atoms with E-state index in [0.717, 1.165) is 58.3 Å². The normalized spacial score (nSPS) is 11.0. The van der Waals surface area contributed by atoms with E-state index in [1.165, 1.54) is 114 Å². The van der Waals surface area contributed by atoms with E-state index in [1.54, 1.807) is 44.2 Å². The predicted molar refractivity (Wildman–Crippen MR) is 370 cm³/mol. The first-order chi connectivity index (χ1) is 47.2. The average molecular weight is 1440 g/mol. The smallest absolute Gasteiger partial charge is 0.270 e. The Morgan fingerprint density at radius 2 is 0.636 bits per heavy atom. The highest BCUT2D eigenvalue weighted by molar-refractivity contribution is 7.99. The van der Waals surface area contributed by atoms with Crippen LogP contribution in [0.5, 0.6) is 0 Å². The molecule has 4 heterocycles. The van der Waals surface area contributed by atoms with E-state index in [1.807, 2.05) is 43.3 Å². The minimum atomic E-state index is -3.25. The lowest BCUT2D eigenvalue weighted by Crippen LogP contribution is -2.13. The van der Waals surface area contributed by atoms with Crippen LogP contribution in [0.2, 0.25) is 5.02 Å². The van der Waals surface area contributed by atoms with Gasteiger partial charge in [-0.1, -0.05) is 60.1 Å². The SMILES string of the molecule is CC(F)(F)c1cccc(F)c1CSc1[nH]c(=O)c(C#N)c2ccc(F)cc12.Cc1cccc(Cl)c1CSc1[nH]c(=O)c(C#N)c2ccc(F)cc12.Cc1cccc(F)c1CSc1[nH]c(=O)c(C#N)c2ccc(F)cc12.Cc1cccc(F)c1CSc1[nH]c(=O)c(C#N)c2ccc(F)cc12. The molecule has 0 saturated carbocycles. The standard InChI is InChI=1S/C19H12F4N2OS.C18H12ClFN2OS.2C18H12F2N2OS/c1-19(22,23)15-3-2-4-16(21)14(15)9-27-18-12-7-10(20)5-6-11(12)13(8-24)17(26)25-18;1-10-3-2-4-16(19)15(10)9-24-18-13-7-11(20)5-6-12(13)14(8-21)17(23)22-18;2*1-10-3-2-4-16(20)15(10)9-24-18-13-7-11(19)5-6-12(13)14(8-21)17(23)22-18/h2-7H,9H2,1H3,(H,25,26);3*2-7H,9H2,1H3,(H,22,23). The summed E-state index contributed by atoms with van der Waals surface area (Å²) in [6.07, 6.45) is 0. The van der Waals surface area contributed by atoms with E-state index in [0.29, 0.717) is 76.2 Å². The molecule has 12 rings (SSSR count). The molecule has 99 heavy (non-hydrogen) atoms. The van der Waals surface area contributed by atoms with Gasteiger partial charge in [-0.05, 0) is 140 Å². The van der Waals surface area contributed by atoms with E-state index in [-0.39, 0.29) is 72.5 Å². The number of alkyl halides is 2. The van der Waals surface area contributed by atoms with Crippen molar-refractivity contribution in [3.63, 3.8) is 0 Å². The lowest BCUT2D eigenvalue weighted by atomic mass is 10.0. The maximum atomic E-state index is 14.1. The lowest BCUT2D eigenvalue weighted by Gasteiger charge is -2.16. The van der Waals surface area contributed by atoms with Crippen molar-refractivity contribution >= 4 is 102 Å². The first kappa shape index (κ1) is 72.9. The fraction of sp³-hybridized carbons (Fsp3) is 0.123. The van der Waals surface area contributed by atoms with Gasteiger partial charge in [0.05, 0.1) is 20.1 Å². The minimum Gasteiger partial charge on any atom is -0.315 e. The summed E-state index contributed by atoms with van der Waals surface area (Å²) in [6, 6.07) is 41.4. The molecule has 8 aromatic carbocycles. The molecule has 0 aliphatic heterocycles. The summed E-state index contributed by atoms with van der Waals surface area (Å²) in [7, 11) is 0. The third kappa shape index (κ3) is 16.8. The van der Waals surface area contributed by atoms with Gasteiger partial charge in [0, 0.05) is 100 Å². The quantitative estimate of drug-likeness (QED) is 0.0625. The zero-order chi connectivity index (χ0) is 71.6. The molecule has 0 aliphatic rings. The molecule has 0 spiro atoms. The van der Waals surface area contributed by atoms with Crippen LogP contribution in [-0.4, -0.2) is 19.9 Å². The van der Waals surface area contributed by atoms with Gasteiger partial charge in [-0.2, -0.15) is 21.0 Å². The molecule has 12 aromatic rings. The van der Waals surface area contributed by atoms with Crippen molar-refractivity contribution in [2.75, 3.05) is 0 Å². The van der Waals surface area contributed by atoms with E-state index in [2.05, 4.69) is 19.9 Å². The Morgan fingerprint density at radius 3 is 0.919 bits per heavy atom. The number of aromatic nitrogens is 4. The Labute approximate surface area is 579 Å². The summed E-state index contributed by atoms with van der Waals surface area (Å²) in [5, 5.41) is 41.8. The zero-order valence-corrected chi connectivity index (χ0v) is 56.0. The van der Waals surface area contributed by atoms with Gasteiger partial charge in [-0.25, -0.2) is 39.5 Å². The summed E-state index contributed by atoms with van der Waals surface area (Å²) in [4.78, 5) is 58.6. The van der Waals surface area contributed by atoms with Gasteiger partial charge in [0.15, 0.2) is 0 Å². The van der Waals surface area contributed by atoms with Crippen molar-refractivity contribution in [1.29, 1.82) is 21.0 Å². The molecule has 26 heteroatoms. The van der Waals surface area contributed by atoms with Gasteiger partial charge in [0.1, 0.15) is 87.3 Å². The molecular formula is C73H48ClF9N8O4S4. The van der Waals surface area contributed by atoms with Crippen molar-refractivity contribution in [3.8, 4) is 24.3 Å². The van der Waals surface area contributed by atoms with E-state index in [4.69, 9.17) is 32.6 Å². The number of pyridine rings is 4. The number of aromatic amines is 4. The van der Waals surface area contributed by atoms with Crippen LogP contribution in [-0.2, 0) is 28.9 Å². The molecule has 4 N–H and O–H groups in total. The van der Waals surface area contributed by atoms with Gasteiger partial charge < -0.3 is 19.9 Å². The maximum Gasteiger partial charge on any atom is 0.270 e. The van der Waals surface area contributed by atoms with Gasteiger partial charge in [0.2, 0.25) is 0 Å². The van der Waals surface area contributed by atoms with Crippen LogP contribution in [0, 0.1) is 107 Å². The first-order valence-corrected chi connectivity index (χ1v) is 33.5. The molecule has 0 amide bonds. The van der Waals surface area contributed by atoms with Crippen LogP contribution in [0.1, 0.15) is 73.7 Å². The number of hydrogen-bond acceptors (Lipinski definition) is 12. The second kappa shape index (κ2) is 31.9. The second-order valence-electron chi connectivity index (χ2n) is 21.8. The highest BCUT2D eigenvalue weighted by Crippen LogP contribution is 2.38. The number of rotatable bonds is 13. The summed E-state index contributed by atoms with van der Waals surface area (Å²) in [5.74, 6) is -5.76. The molecule has 4 aromatic heterocycles. The number of thioether (sulfide) groups is 4. The zero-order valence-electron chi connectivity index (χ0n) is 52.0. The van der Waals surface area contributed by atoms with Crippen molar-refractivity contribution in [3.05, 3.63) is 300 Å². The molecular weight excluding hydrogens is 1390 g/mol. The highest BCUT2D eigenvalue weighted by atomic mass is 35.5. The number of aryl methyl sites for hydroxylation is 3. The van der Waals surface area contributed by atoms with Crippen molar-refractivity contribution in [1.82, 2.24) is 19.9 Å². The lowest BCUT2D eigenvalue weighted by molar-refractivity contribution is 0.0164. The second-order valence-corrected chi connectivity index (χ2v) is 26.1. The summed E-state index contributed by atoms with van der Waals surface area (Å²) in [6.45, 7) is 6.24. The van der Waals surface area contributed by atoms with Gasteiger partial charge >= 0.3 is 0 Å². The molecule has 0 unspecified atom stereocenters. The fourth-order valence-corrected chi connectivity index (χ4v) is 15.1. The summed E-state index contributed by atoms with van der Waals surface area (Å²) >= 11 is 10.9. The van der Waals surface area contributed by atoms with E-state index in [9.17, 15) is 58.7 Å². The largest absolute Gasteiger partial charge is 0.315 e. The van der Waals surface area contributed by atoms with Gasteiger partial charge in [0.25, 0.3) is 28.2 Å². The molecule has 498 valence electrons. The number of nitriles is 4. The van der Waals surface area contributed by atoms with Crippen molar-refractivity contribution in [2.24, 2.45) is 0 Å². The Kier molecular flexibility index (Phi) is 23.5. The molecule has 0 radical (unpaired) electrons. The van der Waals surface area contributed by atoms with E-state index < -0.39 is 62.8 Å². The first-order valence-electron chi connectivity index (χ1n) is 29.2. The van der Waals surface area contributed by atoms with Crippen LogP contribution >= 0.6 is 58.6 Å². The monoisotopic (exact) mass is 1430 g/mol. The van der Waals surface area contributed by atoms with Crippen LogP contribution in [0.25, 0.3) is 43.1 Å². The molecule has 0 bridgehead atoms. The Morgan fingerprint density at radius 1 is 0.374 bits per heavy atom. The molecule has 0 fully saturated rings. The van der Waals surface area contributed by atoms with Crippen LogP contribution in [0.15, 0.2) is 185 Å². The highest BCUT2D eigenvalue weighted by Gasteiger charge is 2.29. The van der Waals surface area contributed by atoms with Gasteiger partial charge in [-0.15, -0.1) is 47.0 Å². The summed E-state index contributed by atoms with van der Waals surface area (Å²) < 4.78 is 124. The predicted octanol–water partition coefficient (Wildman–Crippen LogP) is 18.4. The van der Waals surface area contributed by atoms with E-state index >= 15 is 0 Å². The Bertz CT molecular complexity index is 5160. The average Bonchev–Trinajstić information content (AvgIpc) is 0.799. The topological polar surface area (TPSA) is 227 Å². The fourth-order valence-electron chi connectivity index (χ4n) is 10.3. The van der Waals surface area contributed by atoms with Crippen LogP contribution in [0.4, 0.5) is 39.5 Å².